The van der Waals surface area contributed by atoms with Crippen molar-refractivity contribution in [2.75, 3.05) is 7.11 Å². The van der Waals surface area contributed by atoms with Crippen molar-refractivity contribution in [3.63, 3.8) is 0 Å². The van der Waals surface area contributed by atoms with Crippen LogP contribution in [0.15, 0.2) is 61.2 Å². The van der Waals surface area contributed by atoms with Crippen LogP contribution < -0.4 is 4.74 Å². The van der Waals surface area contributed by atoms with Gasteiger partial charge in [-0.1, -0.05) is 25.1 Å². The SMILES string of the molecule is CCc1cc(-n2ccnc2)ccc1-c1ccc(OC)cc1. The van der Waals surface area contributed by atoms with Crippen LogP contribution in [0.5, 0.6) is 5.75 Å². The second-order valence-electron chi connectivity index (χ2n) is 4.89. The molecule has 0 bridgehead atoms. The summed E-state index contributed by atoms with van der Waals surface area (Å²) in [5, 5.41) is 0. The van der Waals surface area contributed by atoms with Gasteiger partial charge in [0.15, 0.2) is 0 Å². The maximum absolute atomic E-state index is 5.22. The Balaban J connectivity index is 2.02. The molecule has 1 heterocycles. The summed E-state index contributed by atoms with van der Waals surface area (Å²) in [5.41, 5.74) is 4.95. The van der Waals surface area contributed by atoms with E-state index in [9.17, 15) is 0 Å². The largest absolute Gasteiger partial charge is 0.497 e. The van der Waals surface area contributed by atoms with Crippen LogP contribution in [-0.4, -0.2) is 16.7 Å². The van der Waals surface area contributed by atoms with Gasteiger partial charge in [-0.25, -0.2) is 4.98 Å². The van der Waals surface area contributed by atoms with Crippen molar-refractivity contribution in [2.24, 2.45) is 0 Å². The number of ether oxygens (including phenoxy) is 1. The molecule has 0 fully saturated rings. The van der Waals surface area contributed by atoms with Gasteiger partial charge in [-0.3, -0.25) is 0 Å². The van der Waals surface area contributed by atoms with Crippen LogP contribution in [0.25, 0.3) is 16.8 Å². The number of hydrogen-bond acceptors (Lipinski definition) is 2. The Morgan fingerprint density at radius 3 is 2.52 bits per heavy atom. The number of nitrogens with zero attached hydrogens (tertiary/aromatic N) is 2. The van der Waals surface area contributed by atoms with Crippen molar-refractivity contribution >= 4 is 0 Å². The van der Waals surface area contributed by atoms with Crippen molar-refractivity contribution in [3.05, 3.63) is 66.7 Å². The van der Waals surface area contributed by atoms with Gasteiger partial charge in [-0.05, 0) is 47.4 Å². The first-order valence-electron chi connectivity index (χ1n) is 7.07. The van der Waals surface area contributed by atoms with Crippen LogP contribution in [0, 0.1) is 0 Å². The molecule has 21 heavy (non-hydrogen) atoms. The fourth-order valence-corrected chi connectivity index (χ4v) is 2.50. The zero-order valence-corrected chi connectivity index (χ0v) is 12.3. The van der Waals surface area contributed by atoms with Crippen molar-refractivity contribution in [3.8, 4) is 22.6 Å². The first kappa shape index (κ1) is 13.4. The van der Waals surface area contributed by atoms with E-state index in [-0.39, 0.29) is 0 Å². The highest BCUT2D eigenvalue weighted by molar-refractivity contribution is 5.69. The Labute approximate surface area is 124 Å². The molecule has 0 N–H and O–H groups in total. The van der Waals surface area contributed by atoms with Crippen molar-refractivity contribution in [1.82, 2.24) is 9.55 Å². The standard InChI is InChI=1S/C18H18N2O/c1-3-14-12-16(20-11-10-19-13-20)6-9-18(14)15-4-7-17(21-2)8-5-15/h4-13H,3H2,1-2H3. The normalized spacial score (nSPS) is 10.6. The summed E-state index contributed by atoms with van der Waals surface area (Å²) >= 11 is 0. The molecule has 3 heteroatoms. The number of hydrogen-bond donors (Lipinski definition) is 0. The maximum Gasteiger partial charge on any atom is 0.118 e. The van der Waals surface area contributed by atoms with Crippen LogP contribution in [0.3, 0.4) is 0 Å². The van der Waals surface area contributed by atoms with E-state index < -0.39 is 0 Å². The predicted octanol–water partition coefficient (Wildman–Crippen LogP) is 4.11. The Morgan fingerprint density at radius 2 is 1.90 bits per heavy atom. The smallest absolute Gasteiger partial charge is 0.118 e. The molecule has 0 aliphatic carbocycles. The molecule has 0 saturated heterocycles. The van der Waals surface area contributed by atoms with Crippen molar-refractivity contribution in [1.29, 1.82) is 0 Å². The number of methoxy groups -OCH3 is 1. The van der Waals surface area contributed by atoms with E-state index in [2.05, 4.69) is 42.2 Å². The molecule has 2 aromatic carbocycles. The lowest BCUT2D eigenvalue weighted by atomic mass is 9.97. The van der Waals surface area contributed by atoms with E-state index in [1.165, 1.54) is 16.7 Å². The van der Waals surface area contributed by atoms with Gasteiger partial charge in [-0.15, -0.1) is 0 Å². The van der Waals surface area contributed by atoms with Gasteiger partial charge >= 0.3 is 0 Å². The molecule has 0 atom stereocenters. The molecule has 106 valence electrons. The number of aryl methyl sites for hydroxylation is 1. The van der Waals surface area contributed by atoms with E-state index >= 15 is 0 Å². The Hall–Kier alpha value is -2.55. The number of rotatable bonds is 4. The summed E-state index contributed by atoms with van der Waals surface area (Å²) in [5.74, 6) is 0.881. The number of imidazole rings is 1. The summed E-state index contributed by atoms with van der Waals surface area (Å²) in [6, 6.07) is 14.7. The molecule has 0 radical (unpaired) electrons. The second kappa shape index (κ2) is 5.83. The monoisotopic (exact) mass is 278 g/mol. The predicted molar refractivity (Wildman–Crippen MR) is 84.9 cm³/mol. The molecule has 3 aromatic rings. The van der Waals surface area contributed by atoms with Crippen LogP contribution in [-0.2, 0) is 6.42 Å². The molecular weight excluding hydrogens is 260 g/mol. The summed E-state index contributed by atoms with van der Waals surface area (Å²) in [7, 11) is 1.69. The Kier molecular flexibility index (Phi) is 3.73. The molecule has 3 rings (SSSR count). The highest BCUT2D eigenvalue weighted by atomic mass is 16.5. The van der Waals surface area contributed by atoms with Crippen LogP contribution in [0.1, 0.15) is 12.5 Å². The minimum atomic E-state index is 0.881. The van der Waals surface area contributed by atoms with E-state index in [0.717, 1.165) is 17.9 Å². The van der Waals surface area contributed by atoms with E-state index in [0.29, 0.717) is 0 Å². The van der Waals surface area contributed by atoms with Gasteiger partial charge in [0, 0.05) is 18.1 Å². The zero-order chi connectivity index (χ0) is 14.7. The second-order valence-corrected chi connectivity index (χ2v) is 4.89. The molecule has 0 aliphatic rings. The molecule has 3 nitrogen and oxygen atoms in total. The van der Waals surface area contributed by atoms with Crippen LogP contribution >= 0.6 is 0 Å². The molecule has 0 amide bonds. The summed E-state index contributed by atoms with van der Waals surface area (Å²) in [6.45, 7) is 2.18. The highest BCUT2D eigenvalue weighted by Crippen LogP contribution is 2.28. The molecule has 1 aromatic heterocycles. The van der Waals surface area contributed by atoms with Gasteiger partial charge in [-0.2, -0.15) is 0 Å². The molecule has 0 spiro atoms. The topological polar surface area (TPSA) is 27.1 Å². The third-order valence-corrected chi connectivity index (χ3v) is 3.67. The van der Waals surface area contributed by atoms with E-state index in [1.54, 1.807) is 13.3 Å². The average Bonchev–Trinajstić information content (AvgIpc) is 3.09. The minimum Gasteiger partial charge on any atom is -0.497 e. The van der Waals surface area contributed by atoms with Gasteiger partial charge < -0.3 is 9.30 Å². The average molecular weight is 278 g/mol. The highest BCUT2D eigenvalue weighted by Gasteiger charge is 2.06. The fraction of sp³-hybridized carbons (Fsp3) is 0.167. The molecule has 0 aliphatic heterocycles. The van der Waals surface area contributed by atoms with E-state index in [4.69, 9.17) is 4.74 Å². The Bertz CT molecular complexity index is 715. The quantitative estimate of drug-likeness (QED) is 0.718. The third kappa shape index (κ3) is 2.68. The Morgan fingerprint density at radius 1 is 1.10 bits per heavy atom. The number of benzene rings is 2. The first-order valence-corrected chi connectivity index (χ1v) is 7.07. The first-order chi connectivity index (χ1) is 10.3. The summed E-state index contributed by atoms with van der Waals surface area (Å²) in [6.07, 6.45) is 6.57. The summed E-state index contributed by atoms with van der Waals surface area (Å²) < 4.78 is 7.24. The van der Waals surface area contributed by atoms with Crippen LogP contribution in [0.2, 0.25) is 0 Å². The lowest BCUT2D eigenvalue weighted by Crippen LogP contribution is -1.94. The van der Waals surface area contributed by atoms with Crippen molar-refractivity contribution < 1.29 is 4.74 Å². The molecule has 0 saturated carbocycles. The van der Waals surface area contributed by atoms with Gasteiger partial charge in [0.25, 0.3) is 0 Å². The van der Waals surface area contributed by atoms with E-state index in [1.807, 2.05) is 29.2 Å². The molecule has 0 unspecified atom stereocenters. The van der Waals surface area contributed by atoms with Crippen molar-refractivity contribution in [2.45, 2.75) is 13.3 Å². The third-order valence-electron chi connectivity index (χ3n) is 3.67. The van der Waals surface area contributed by atoms with Gasteiger partial charge in [0.2, 0.25) is 0 Å². The van der Waals surface area contributed by atoms with Gasteiger partial charge in [0.1, 0.15) is 5.75 Å². The lowest BCUT2D eigenvalue weighted by molar-refractivity contribution is 0.415. The number of aromatic nitrogens is 2. The fourth-order valence-electron chi connectivity index (χ4n) is 2.50. The summed E-state index contributed by atoms with van der Waals surface area (Å²) in [4.78, 5) is 4.10. The van der Waals surface area contributed by atoms with Crippen LogP contribution in [0.4, 0.5) is 0 Å². The molecular formula is C18H18N2O. The lowest BCUT2D eigenvalue weighted by Gasteiger charge is -2.12. The maximum atomic E-state index is 5.22. The minimum absolute atomic E-state index is 0.881. The zero-order valence-electron chi connectivity index (χ0n) is 12.3. The van der Waals surface area contributed by atoms with Gasteiger partial charge in [0.05, 0.1) is 13.4 Å².